The summed E-state index contributed by atoms with van der Waals surface area (Å²) >= 11 is 0. The fraction of sp³-hybridized carbons (Fsp3) is 0.409. The molecule has 2 aromatic carbocycles. The largest absolute Gasteiger partial charge is 0.325 e. The average Bonchev–Trinajstić information content (AvgIpc) is 2.62. The molecule has 0 heterocycles. The van der Waals surface area contributed by atoms with E-state index in [9.17, 15) is 13.2 Å². The maximum Gasteiger partial charge on any atom is 0.238 e. The van der Waals surface area contributed by atoms with Gasteiger partial charge in [-0.3, -0.25) is 4.79 Å². The van der Waals surface area contributed by atoms with Gasteiger partial charge < -0.3 is 10.6 Å². The number of aryl methyl sites for hydroxylation is 1. The molecule has 1 unspecified atom stereocenters. The molecule has 6 heteroatoms. The van der Waals surface area contributed by atoms with Crippen LogP contribution in [-0.2, 0) is 21.1 Å². The lowest BCUT2D eigenvalue weighted by molar-refractivity contribution is -0.115. The molecule has 0 aliphatic rings. The zero-order valence-corrected chi connectivity index (χ0v) is 17.8. The van der Waals surface area contributed by atoms with E-state index >= 15 is 0 Å². The van der Waals surface area contributed by atoms with Gasteiger partial charge in [0.1, 0.15) is 0 Å². The molecule has 0 radical (unpaired) electrons. The summed E-state index contributed by atoms with van der Waals surface area (Å²) in [6.07, 6.45) is 3.33. The Morgan fingerprint density at radius 1 is 1.07 bits per heavy atom. The van der Waals surface area contributed by atoms with Gasteiger partial charge in [-0.2, -0.15) is 0 Å². The lowest BCUT2D eigenvalue weighted by Crippen LogP contribution is -2.33. The van der Waals surface area contributed by atoms with Crippen LogP contribution in [0.5, 0.6) is 0 Å². The molecule has 28 heavy (non-hydrogen) atoms. The van der Waals surface area contributed by atoms with E-state index in [-0.39, 0.29) is 23.4 Å². The van der Waals surface area contributed by atoms with Gasteiger partial charge in [0.2, 0.25) is 5.91 Å². The van der Waals surface area contributed by atoms with Crippen molar-refractivity contribution in [2.24, 2.45) is 5.92 Å². The average molecular weight is 403 g/mol. The molecular weight excluding hydrogens is 372 g/mol. The molecule has 0 spiro atoms. The molecule has 0 aliphatic carbocycles. The molecule has 0 aliphatic heterocycles. The number of rotatable bonds is 9. The van der Waals surface area contributed by atoms with Crippen molar-refractivity contribution in [1.29, 1.82) is 0 Å². The highest BCUT2D eigenvalue weighted by Crippen LogP contribution is 2.22. The van der Waals surface area contributed by atoms with Gasteiger partial charge in [0.05, 0.1) is 11.4 Å². The molecule has 1 atom stereocenters. The van der Waals surface area contributed by atoms with Crippen LogP contribution in [0.15, 0.2) is 53.4 Å². The van der Waals surface area contributed by atoms with Crippen LogP contribution < -0.4 is 10.6 Å². The number of amides is 1. The highest BCUT2D eigenvalue weighted by molar-refractivity contribution is 7.90. The quantitative estimate of drug-likeness (QED) is 0.665. The molecule has 5 nitrogen and oxygen atoms in total. The van der Waals surface area contributed by atoms with Crippen LogP contribution in [0.2, 0.25) is 0 Å². The minimum absolute atomic E-state index is 0.0591. The summed E-state index contributed by atoms with van der Waals surface area (Å²) in [5, 5.41) is 6.08. The first kappa shape index (κ1) is 22.1. The Hall–Kier alpha value is -2.18. The number of hydrogen-bond donors (Lipinski definition) is 2. The fourth-order valence-electron chi connectivity index (χ4n) is 3.13. The van der Waals surface area contributed by atoms with Crippen molar-refractivity contribution < 1.29 is 13.2 Å². The molecule has 0 bridgehead atoms. The van der Waals surface area contributed by atoms with Crippen LogP contribution in [0, 0.1) is 5.92 Å². The predicted octanol–water partition coefficient (Wildman–Crippen LogP) is 3.97. The van der Waals surface area contributed by atoms with Gasteiger partial charge in [0.25, 0.3) is 0 Å². The minimum Gasteiger partial charge on any atom is -0.325 e. The predicted molar refractivity (Wildman–Crippen MR) is 114 cm³/mol. The number of hydrogen-bond acceptors (Lipinski definition) is 4. The SMILES string of the molecule is CCCc1ccc(C(NCC(=O)Nc2cccc(S(C)(=O)=O)c2)C(C)C)cc1. The van der Waals surface area contributed by atoms with E-state index < -0.39 is 9.84 Å². The van der Waals surface area contributed by atoms with Gasteiger partial charge in [-0.1, -0.05) is 57.5 Å². The third-order valence-corrected chi connectivity index (χ3v) is 5.68. The Balaban J connectivity index is 2.01. The van der Waals surface area contributed by atoms with Crippen molar-refractivity contribution in [2.45, 2.75) is 44.6 Å². The van der Waals surface area contributed by atoms with Crippen molar-refractivity contribution in [3.05, 3.63) is 59.7 Å². The molecule has 2 rings (SSSR count). The summed E-state index contributed by atoms with van der Waals surface area (Å²) in [4.78, 5) is 12.5. The molecule has 2 N–H and O–H groups in total. The van der Waals surface area contributed by atoms with E-state index in [0.29, 0.717) is 11.6 Å². The monoisotopic (exact) mass is 402 g/mol. The van der Waals surface area contributed by atoms with Gasteiger partial charge in [0.15, 0.2) is 9.84 Å². The topological polar surface area (TPSA) is 75.3 Å². The third kappa shape index (κ3) is 6.46. The Kier molecular flexibility index (Phi) is 7.78. The summed E-state index contributed by atoms with van der Waals surface area (Å²) in [5.74, 6) is 0.109. The smallest absolute Gasteiger partial charge is 0.238 e. The maximum absolute atomic E-state index is 12.3. The van der Waals surface area contributed by atoms with Crippen LogP contribution in [0.1, 0.15) is 44.4 Å². The molecule has 0 saturated carbocycles. The van der Waals surface area contributed by atoms with E-state index in [1.54, 1.807) is 12.1 Å². The first-order valence-electron chi connectivity index (χ1n) is 9.63. The van der Waals surface area contributed by atoms with Crippen LogP contribution in [0.25, 0.3) is 0 Å². The second-order valence-corrected chi connectivity index (χ2v) is 9.46. The molecule has 0 aromatic heterocycles. The van der Waals surface area contributed by atoms with Crippen LogP contribution >= 0.6 is 0 Å². The highest BCUT2D eigenvalue weighted by atomic mass is 32.2. The number of benzene rings is 2. The van der Waals surface area contributed by atoms with Crippen molar-refractivity contribution in [2.75, 3.05) is 18.1 Å². The Morgan fingerprint density at radius 3 is 2.32 bits per heavy atom. The highest BCUT2D eigenvalue weighted by Gasteiger charge is 2.17. The molecule has 0 fully saturated rings. The van der Waals surface area contributed by atoms with Crippen LogP contribution in [0.4, 0.5) is 5.69 Å². The lowest BCUT2D eigenvalue weighted by Gasteiger charge is -2.23. The first-order chi connectivity index (χ1) is 13.2. The van der Waals surface area contributed by atoms with E-state index in [0.717, 1.165) is 24.7 Å². The fourth-order valence-corrected chi connectivity index (χ4v) is 3.80. The summed E-state index contributed by atoms with van der Waals surface area (Å²) in [6.45, 7) is 6.54. The minimum atomic E-state index is -3.31. The van der Waals surface area contributed by atoms with Gasteiger partial charge in [-0.05, 0) is 41.7 Å². The lowest BCUT2D eigenvalue weighted by atomic mass is 9.94. The molecular formula is C22H30N2O3S. The number of carbonyl (C=O) groups excluding carboxylic acids is 1. The molecule has 1 amide bonds. The second kappa shape index (κ2) is 9.85. The first-order valence-corrected chi connectivity index (χ1v) is 11.5. The second-order valence-electron chi connectivity index (χ2n) is 7.44. The van der Waals surface area contributed by atoms with Crippen molar-refractivity contribution >= 4 is 21.4 Å². The standard InChI is InChI=1S/C22H30N2O3S/c1-5-7-17-10-12-18(13-11-17)22(16(2)3)23-15-21(25)24-19-8-6-9-20(14-19)28(4,26)27/h6,8-14,16,22-23H,5,7,15H2,1-4H3,(H,24,25). The Labute approximate surface area is 168 Å². The summed E-state index contributed by atoms with van der Waals surface area (Å²) in [7, 11) is -3.31. The number of nitrogens with one attached hydrogen (secondary N) is 2. The number of carbonyl (C=O) groups is 1. The zero-order valence-electron chi connectivity index (χ0n) is 17.0. The molecule has 0 saturated heterocycles. The van der Waals surface area contributed by atoms with Crippen molar-refractivity contribution in [3.8, 4) is 0 Å². The number of anilines is 1. The third-order valence-electron chi connectivity index (χ3n) is 4.57. The van der Waals surface area contributed by atoms with Gasteiger partial charge in [0, 0.05) is 18.0 Å². The van der Waals surface area contributed by atoms with Crippen molar-refractivity contribution in [3.63, 3.8) is 0 Å². The van der Waals surface area contributed by atoms with E-state index in [1.165, 1.54) is 17.7 Å². The van der Waals surface area contributed by atoms with Crippen LogP contribution in [-0.4, -0.2) is 27.1 Å². The summed E-state index contributed by atoms with van der Waals surface area (Å²) < 4.78 is 23.3. The van der Waals surface area contributed by atoms with Gasteiger partial charge in [-0.15, -0.1) is 0 Å². The Bertz CT molecular complexity index is 890. The molecule has 2 aromatic rings. The Morgan fingerprint density at radius 2 is 1.75 bits per heavy atom. The summed E-state index contributed by atoms with van der Waals surface area (Å²) in [6, 6.07) is 14.9. The van der Waals surface area contributed by atoms with Gasteiger partial charge >= 0.3 is 0 Å². The number of sulfone groups is 1. The van der Waals surface area contributed by atoms with E-state index in [2.05, 4.69) is 55.7 Å². The van der Waals surface area contributed by atoms with Crippen LogP contribution in [0.3, 0.4) is 0 Å². The normalized spacial score (nSPS) is 12.8. The zero-order chi connectivity index (χ0) is 20.7. The van der Waals surface area contributed by atoms with Crippen molar-refractivity contribution in [1.82, 2.24) is 5.32 Å². The van der Waals surface area contributed by atoms with E-state index in [1.807, 2.05) is 0 Å². The molecule has 152 valence electrons. The summed E-state index contributed by atoms with van der Waals surface area (Å²) in [5.41, 5.74) is 2.94. The van der Waals surface area contributed by atoms with E-state index in [4.69, 9.17) is 0 Å². The van der Waals surface area contributed by atoms with Gasteiger partial charge in [-0.25, -0.2) is 8.42 Å². The maximum atomic E-state index is 12.3.